The number of hydrogen-bond donors (Lipinski definition) is 0. The average molecular weight is 353 g/mol. The Morgan fingerprint density at radius 2 is 1.96 bits per heavy atom. The minimum absolute atomic E-state index is 0.0343. The minimum atomic E-state index is -0.0343. The molecule has 0 bridgehead atoms. The highest BCUT2D eigenvalue weighted by atomic mass is 32.1. The SMILES string of the molecule is COc1ccc(CN(C)C(=O)c2sc(-c3ccccn3)nc2C)cc1. The molecule has 0 saturated heterocycles. The normalized spacial score (nSPS) is 10.5. The van der Waals surface area contributed by atoms with Crippen molar-refractivity contribution in [1.82, 2.24) is 14.9 Å². The maximum absolute atomic E-state index is 12.8. The summed E-state index contributed by atoms with van der Waals surface area (Å²) in [4.78, 5) is 23.9. The second-order valence-electron chi connectivity index (χ2n) is 5.66. The van der Waals surface area contributed by atoms with Crippen molar-refractivity contribution in [3.63, 3.8) is 0 Å². The lowest BCUT2D eigenvalue weighted by Crippen LogP contribution is -2.26. The van der Waals surface area contributed by atoms with Gasteiger partial charge in [-0.1, -0.05) is 18.2 Å². The van der Waals surface area contributed by atoms with Crippen molar-refractivity contribution in [3.05, 3.63) is 64.8 Å². The first-order valence-corrected chi connectivity index (χ1v) is 8.67. The van der Waals surface area contributed by atoms with Gasteiger partial charge in [0.05, 0.1) is 18.5 Å². The lowest BCUT2D eigenvalue weighted by molar-refractivity contribution is 0.0789. The average Bonchev–Trinajstić information content (AvgIpc) is 3.04. The third kappa shape index (κ3) is 3.85. The molecule has 25 heavy (non-hydrogen) atoms. The first kappa shape index (κ1) is 17.1. The second kappa shape index (κ2) is 7.44. The van der Waals surface area contributed by atoms with E-state index in [1.165, 1.54) is 11.3 Å². The quantitative estimate of drug-likeness (QED) is 0.700. The van der Waals surface area contributed by atoms with Crippen LogP contribution in [0.1, 0.15) is 20.9 Å². The van der Waals surface area contributed by atoms with Crippen LogP contribution in [-0.4, -0.2) is 34.9 Å². The molecule has 1 aromatic carbocycles. The van der Waals surface area contributed by atoms with Gasteiger partial charge in [-0.25, -0.2) is 4.98 Å². The van der Waals surface area contributed by atoms with Gasteiger partial charge in [-0.15, -0.1) is 11.3 Å². The van der Waals surface area contributed by atoms with E-state index < -0.39 is 0 Å². The van der Waals surface area contributed by atoms with Crippen LogP contribution in [0.25, 0.3) is 10.7 Å². The van der Waals surface area contributed by atoms with Gasteiger partial charge in [-0.3, -0.25) is 9.78 Å². The van der Waals surface area contributed by atoms with Crippen molar-refractivity contribution in [3.8, 4) is 16.5 Å². The zero-order valence-corrected chi connectivity index (χ0v) is 15.2. The summed E-state index contributed by atoms with van der Waals surface area (Å²) < 4.78 is 5.16. The van der Waals surface area contributed by atoms with Gasteiger partial charge < -0.3 is 9.64 Å². The van der Waals surface area contributed by atoms with Crippen LogP contribution in [0.3, 0.4) is 0 Å². The molecule has 3 rings (SSSR count). The van der Waals surface area contributed by atoms with Gasteiger partial charge in [-0.2, -0.15) is 0 Å². The fourth-order valence-corrected chi connectivity index (χ4v) is 3.48. The van der Waals surface area contributed by atoms with Gasteiger partial charge in [0.15, 0.2) is 0 Å². The summed E-state index contributed by atoms with van der Waals surface area (Å²) in [6.07, 6.45) is 1.73. The predicted molar refractivity (Wildman–Crippen MR) is 98.9 cm³/mol. The molecule has 3 aromatic rings. The molecule has 128 valence electrons. The summed E-state index contributed by atoms with van der Waals surface area (Å²) in [5, 5.41) is 0.763. The Kier molecular flexibility index (Phi) is 5.09. The van der Waals surface area contributed by atoms with Crippen molar-refractivity contribution in [2.75, 3.05) is 14.2 Å². The minimum Gasteiger partial charge on any atom is -0.497 e. The fraction of sp³-hybridized carbons (Fsp3) is 0.211. The Hall–Kier alpha value is -2.73. The Balaban J connectivity index is 1.76. The zero-order chi connectivity index (χ0) is 17.8. The lowest BCUT2D eigenvalue weighted by Gasteiger charge is -2.16. The smallest absolute Gasteiger partial charge is 0.265 e. The standard InChI is InChI=1S/C19H19N3O2S/c1-13-17(25-18(21-13)16-6-4-5-11-20-16)19(23)22(2)12-14-7-9-15(24-3)10-8-14/h4-11H,12H2,1-3H3. The van der Waals surface area contributed by atoms with Crippen LogP contribution in [0.5, 0.6) is 5.75 Å². The van der Waals surface area contributed by atoms with Crippen LogP contribution in [0, 0.1) is 6.92 Å². The number of ether oxygens (including phenoxy) is 1. The van der Waals surface area contributed by atoms with Crippen LogP contribution in [0.2, 0.25) is 0 Å². The van der Waals surface area contributed by atoms with Gasteiger partial charge in [-0.05, 0) is 36.8 Å². The Labute approximate surface area is 150 Å². The van der Waals surface area contributed by atoms with E-state index in [-0.39, 0.29) is 5.91 Å². The number of aromatic nitrogens is 2. The number of carbonyl (C=O) groups is 1. The molecule has 0 saturated carbocycles. The summed E-state index contributed by atoms with van der Waals surface area (Å²) in [5.74, 6) is 0.768. The van der Waals surface area contributed by atoms with Crippen molar-refractivity contribution in [2.24, 2.45) is 0 Å². The molecule has 0 N–H and O–H groups in total. The van der Waals surface area contributed by atoms with E-state index in [9.17, 15) is 4.79 Å². The molecular weight excluding hydrogens is 334 g/mol. The summed E-state index contributed by atoms with van der Waals surface area (Å²) in [5.41, 5.74) is 2.56. The van der Waals surface area contributed by atoms with E-state index in [4.69, 9.17) is 4.74 Å². The highest BCUT2D eigenvalue weighted by Crippen LogP contribution is 2.27. The molecule has 0 atom stereocenters. The van der Waals surface area contributed by atoms with Crippen LogP contribution in [0.15, 0.2) is 48.7 Å². The topological polar surface area (TPSA) is 55.3 Å². The number of pyridine rings is 1. The van der Waals surface area contributed by atoms with Gasteiger partial charge in [0.25, 0.3) is 5.91 Å². The molecule has 0 aliphatic rings. The lowest BCUT2D eigenvalue weighted by atomic mass is 10.2. The number of benzene rings is 1. The summed E-state index contributed by atoms with van der Waals surface area (Å²) >= 11 is 1.38. The zero-order valence-electron chi connectivity index (χ0n) is 14.4. The van der Waals surface area contributed by atoms with E-state index in [0.717, 1.165) is 27.7 Å². The van der Waals surface area contributed by atoms with E-state index in [2.05, 4.69) is 9.97 Å². The molecule has 2 heterocycles. The molecule has 2 aromatic heterocycles. The van der Waals surface area contributed by atoms with E-state index in [1.807, 2.05) is 49.4 Å². The van der Waals surface area contributed by atoms with Crippen LogP contribution >= 0.6 is 11.3 Å². The maximum atomic E-state index is 12.8. The number of thiazole rings is 1. The van der Waals surface area contributed by atoms with Crippen molar-refractivity contribution >= 4 is 17.2 Å². The Bertz CT molecular complexity index is 860. The summed E-state index contributed by atoms with van der Waals surface area (Å²) in [7, 11) is 3.43. The third-order valence-electron chi connectivity index (χ3n) is 3.80. The number of hydrogen-bond acceptors (Lipinski definition) is 5. The van der Waals surface area contributed by atoms with Gasteiger partial charge >= 0.3 is 0 Å². The fourth-order valence-electron chi connectivity index (χ4n) is 2.44. The van der Waals surface area contributed by atoms with Crippen LogP contribution in [-0.2, 0) is 6.54 Å². The Morgan fingerprint density at radius 1 is 1.20 bits per heavy atom. The van der Waals surface area contributed by atoms with E-state index in [1.54, 1.807) is 25.3 Å². The number of carbonyl (C=O) groups excluding carboxylic acids is 1. The molecule has 0 spiro atoms. The molecule has 5 nitrogen and oxygen atoms in total. The maximum Gasteiger partial charge on any atom is 0.265 e. The summed E-state index contributed by atoms with van der Waals surface area (Å²) in [6, 6.07) is 13.4. The van der Waals surface area contributed by atoms with Gasteiger partial charge in [0.2, 0.25) is 0 Å². The van der Waals surface area contributed by atoms with E-state index >= 15 is 0 Å². The number of methoxy groups -OCH3 is 1. The largest absolute Gasteiger partial charge is 0.497 e. The molecular formula is C19H19N3O2S. The molecule has 0 aliphatic heterocycles. The molecule has 6 heteroatoms. The molecule has 0 radical (unpaired) electrons. The number of nitrogens with zero attached hydrogens (tertiary/aromatic N) is 3. The highest BCUT2D eigenvalue weighted by molar-refractivity contribution is 7.17. The van der Waals surface area contributed by atoms with E-state index in [0.29, 0.717) is 11.4 Å². The second-order valence-corrected chi connectivity index (χ2v) is 6.66. The third-order valence-corrected chi connectivity index (χ3v) is 4.97. The van der Waals surface area contributed by atoms with Crippen LogP contribution < -0.4 is 4.74 Å². The molecule has 1 amide bonds. The van der Waals surface area contributed by atoms with Crippen molar-refractivity contribution < 1.29 is 9.53 Å². The Morgan fingerprint density at radius 3 is 2.60 bits per heavy atom. The summed E-state index contributed by atoms with van der Waals surface area (Å²) in [6.45, 7) is 2.39. The van der Waals surface area contributed by atoms with Gasteiger partial charge in [0.1, 0.15) is 15.6 Å². The van der Waals surface area contributed by atoms with Crippen molar-refractivity contribution in [1.29, 1.82) is 0 Å². The van der Waals surface area contributed by atoms with Crippen LogP contribution in [0.4, 0.5) is 0 Å². The monoisotopic (exact) mass is 353 g/mol. The van der Waals surface area contributed by atoms with Crippen molar-refractivity contribution in [2.45, 2.75) is 13.5 Å². The molecule has 0 aliphatic carbocycles. The molecule has 0 fully saturated rings. The first-order valence-electron chi connectivity index (χ1n) is 7.85. The molecule has 0 unspecified atom stereocenters. The number of aryl methyl sites for hydroxylation is 1. The first-order chi connectivity index (χ1) is 12.1. The highest BCUT2D eigenvalue weighted by Gasteiger charge is 2.20. The predicted octanol–water partition coefficient (Wildman–Crippen LogP) is 3.79. The number of rotatable bonds is 5. The van der Waals surface area contributed by atoms with Gasteiger partial charge in [0, 0.05) is 19.8 Å². The number of amides is 1.